The summed E-state index contributed by atoms with van der Waals surface area (Å²) in [5.41, 5.74) is 11.2. The van der Waals surface area contributed by atoms with Gasteiger partial charge in [0, 0.05) is 11.3 Å². The van der Waals surface area contributed by atoms with Gasteiger partial charge in [0.15, 0.2) is 0 Å². The van der Waals surface area contributed by atoms with E-state index >= 15 is 0 Å². The van der Waals surface area contributed by atoms with E-state index in [9.17, 15) is 5.11 Å². The van der Waals surface area contributed by atoms with E-state index in [2.05, 4.69) is 62.3 Å². The van der Waals surface area contributed by atoms with Gasteiger partial charge >= 0.3 is 0 Å². The lowest BCUT2D eigenvalue weighted by molar-refractivity contribution is -0.110. The fourth-order valence-corrected chi connectivity index (χ4v) is 10.3. The van der Waals surface area contributed by atoms with E-state index < -0.39 is 0 Å². The normalized spacial score (nSPS) is 48.2. The highest BCUT2D eigenvalue weighted by Gasteiger charge is 2.67. The van der Waals surface area contributed by atoms with Crippen molar-refractivity contribution < 1.29 is 5.11 Å². The lowest BCUT2D eigenvalue weighted by atomic mass is 9.35. The average molecular weight is 421 g/mol. The Morgan fingerprint density at radius 2 is 1.29 bits per heavy atom. The molecule has 9 aliphatic carbocycles. The van der Waals surface area contributed by atoms with E-state index in [4.69, 9.17) is 0 Å². The quantitative estimate of drug-likeness (QED) is 0.459. The molecule has 31 heavy (non-hydrogen) atoms. The van der Waals surface area contributed by atoms with Gasteiger partial charge in [-0.15, -0.1) is 0 Å². The van der Waals surface area contributed by atoms with Crippen molar-refractivity contribution in [2.45, 2.75) is 101 Å². The second-order valence-corrected chi connectivity index (χ2v) is 14.2. The third-order valence-electron chi connectivity index (χ3n) is 12.8. The number of aliphatic hydroxyl groups excluding tert-OH is 1. The van der Waals surface area contributed by atoms with Crippen LogP contribution in [0.1, 0.15) is 94.4 Å². The molecule has 6 bridgehead atoms. The minimum absolute atomic E-state index is 0.141. The molecule has 0 aromatic carbocycles. The molecule has 1 heteroatoms. The molecule has 0 amide bonds. The molecule has 0 aromatic heterocycles. The van der Waals surface area contributed by atoms with Gasteiger partial charge in [-0.2, -0.15) is 0 Å². The summed E-state index contributed by atoms with van der Waals surface area (Å²) in [7, 11) is 0. The lowest BCUT2D eigenvalue weighted by Crippen LogP contribution is -2.63. The Morgan fingerprint density at radius 1 is 0.710 bits per heavy atom. The summed E-state index contributed by atoms with van der Waals surface area (Å²) in [6, 6.07) is 0. The summed E-state index contributed by atoms with van der Waals surface area (Å²) in [6.45, 7) is 22.1. The van der Waals surface area contributed by atoms with Crippen LogP contribution in [-0.4, -0.2) is 11.2 Å². The van der Waals surface area contributed by atoms with Gasteiger partial charge in [0.25, 0.3) is 0 Å². The Morgan fingerprint density at radius 3 is 1.77 bits per heavy atom. The molecule has 1 nitrogen and oxygen atoms in total. The fraction of sp³-hybridized carbons (Fsp3) is 0.800. The second kappa shape index (κ2) is 5.63. The van der Waals surface area contributed by atoms with Crippen LogP contribution in [0.4, 0.5) is 0 Å². The highest BCUT2D eigenvalue weighted by atomic mass is 16.3. The molecular weight excluding hydrogens is 376 g/mol. The molecule has 170 valence electrons. The van der Waals surface area contributed by atoms with E-state index in [1.54, 1.807) is 33.4 Å². The van der Waals surface area contributed by atoms with Crippen molar-refractivity contribution in [1.82, 2.24) is 0 Å². The van der Waals surface area contributed by atoms with Crippen molar-refractivity contribution in [3.63, 3.8) is 0 Å². The topological polar surface area (TPSA) is 20.2 Å². The molecule has 0 aliphatic heterocycles. The summed E-state index contributed by atoms with van der Waals surface area (Å²) in [4.78, 5) is 0. The van der Waals surface area contributed by atoms with Crippen molar-refractivity contribution in [2.24, 2.45) is 51.2 Å². The molecule has 0 radical (unpaired) electrons. The second-order valence-electron chi connectivity index (χ2n) is 14.2. The number of rotatable bonds is 2. The molecule has 3 saturated carbocycles. The van der Waals surface area contributed by atoms with Gasteiger partial charge in [-0.25, -0.2) is 0 Å². The van der Waals surface area contributed by atoms with E-state index in [1.165, 1.54) is 25.7 Å². The summed E-state index contributed by atoms with van der Waals surface area (Å²) in [5, 5.41) is 12.0. The van der Waals surface area contributed by atoms with E-state index in [-0.39, 0.29) is 16.9 Å². The standard InChI is InChI=1S/C30H44O/c1-15-20-10-18(27(20,4)5)11-22(15)30(14-19-12-23(17(30)3)28(19,6)7)25-16(2)21-13-24(26(25)31)29(21,8)9/h18-19,22,24-26,31H,10-14H2,1-9H3/t18-,19-,22-,24-,25-,26-,30-/m0/s1. The Labute approximate surface area is 190 Å². The maximum absolute atomic E-state index is 12.0. The van der Waals surface area contributed by atoms with Crippen molar-refractivity contribution in [3.05, 3.63) is 33.4 Å². The summed E-state index contributed by atoms with van der Waals surface area (Å²) < 4.78 is 0. The zero-order chi connectivity index (χ0) is 22.5. The minimum Gasteiger partial charge on any atom is -0.392 e. The molecule has 0 spiro atoms. The van der Waals surface area contributed by atoms with Crippen molar-refractivity contribution in [1.29, 1.82) is 0 Å². The number of allylic oxidation sites excluding steroid dienone is 5. The predicted molar refractivity (Wildman–Crippen MR) is 128 cm³/mol. The van der Waals surface area contributed by atoms with Crippen LogP contribution in [-0.2, 0) is 0 Å². The van der Waals surface area contributed by atoms with Gasteiger partial charge in [-0.05, 0) is 92.8 Å². The number of hydrogen-bond donors (Lipinski definition) is 1. The van der Waals surface area contributed by atoms with E-state index in [0.717, 1.165) is 18.3 Å². The van der Waals surface area contributed by atoms with Gasteiger partial charge in [-0.1, -0.05) is 75.0 Å². The Hall–Kier alpha value is -0.820. The molecule has 9 rings (SSSR count). The molecular formula is C30H44O. The smallest absolute Gasteiger partial charge is 0.0653 e. The first-order valence-corrected chi connectivity index (χ1v) is 13.1. The Balaban J connectivity index is 1.57. The van der Waals surface area contributed by atoms with Gasteiger partial charge in [0.05, 0.1) is 6.10 Å². The highest BCUT2D eigenvalue weighted by molar-refractivity contribution is 5.49. The summed E-state index contributed by atoms with van der Waals surface area (Å²) >= 11 is 0. The van der Waals surface area contributed by atoms with Crippen LogP contribution >= 0.6 is 0 Å². The fourth-order valence-electron chi connectivity index (χ4n) is 10.3. The SMILES string of the molecule is CC1=C2C[C@@H](C[C@@H]1[C@]1([C@H]3C(C)=C4C[C@@H]([C@@H]3O)C4(C)C)C[C@@H]3CC(=C1C)C3(C)C)C2(C)C. The monoisotopic (exact) mass is 420 g/mol. The van der Waals surface area contributed by atoms with Crippen molar-refractivity contribution >= 4 is 0 Å². The zero-order valence-corrected chi connectivity index (χ0v) is 21.4. The van der Waals surface area contributed by atoms with Crippen LogP contribution in [0.15, 0.2) is 33.4 Å². The summed E-state index contributed by atoms with van der Waals surface area (Å²) in [6.07, 6.45) is 6.21. The molecule has 0 saturated heterocycles. The first-order valence-electron chi connectivity index (χ1n) is 13.1. The molecule has 0 aromatic rings. The van der Waals surface area contributed by atoms with Gasteiger partial charge in [-0.3, -0.25) is 0 Å². The zero-order valence-electron chi connectivity index (χ0n) is 21.4. The average Bonchev–Trinajstić information content (AvgIpc) is 2.67. The van der Waals surface area contributed by atoms with Crippen LogP contribution < -0.4 is 0 Å². The Kier molecular flexibility index (Phi) is 3.77. The maximum atomic E-state index is 12.0. The third kappa shape index (κ3) is 2.06. The third-order valence-corrected chi connectivity index (χ3v) is 12.8. The first kappa shape index (κ1) is 20.8. The van der Waals surface area contributed by atoms with Crippen LogP contribution in [0.2, 0.25) is 0 Å². The molecule has 7 atom stereocenters. The van der Waals surface area contributed by atoms with Crippen molar-refractivity contribution in [2.75, 3.05) is 0 Å². The lowest BCUT2D eigenvalue weighted by Gasteiger charge is -2.69. The van der Waals surface area contributed by atoms with Gasteiger partial charge in [0.2, 0.25) is 0 Å². The molecule has 1 N–H and O–H groups in total. The predicted octanol–water partition coefficient (Wildman–Crippen LogP) is 7.47. The van der Waals surface area contributed by atoms with Gasteiger partial charge in [0.1, 0.15) is 0 Å². The van der Waals surface area contributed by atoms with E-state index in [1.807, 2.05) is 0 Å². The largest absolute Gasteiger partial charge is 0.392 e. The number of hydrogen-bond acceptors (Lipinski definition) is 1. The molecule has 3 fully saturated rings. The van der Waals surface area contributed by atoms with Crippen LogP contribution in [0, 0.1) is 51.2 Å². The molecule has 9 aliphatic rings. The first-order chi connectivity index (χ1) is 14.3. The molecule has 0 heterocycles. The summed E-state index contributed by atoms with van der Waals surface area (Å²) in [5.74, 6) is 3.01. The highest BCUT2D eigenvalue weighted by Crippen LogP contribution is 2.75. The number of aliphatic hydroxyl groups is 1. The Bertz CT molecular complexity index is 982. The number of fused-ring (bicyclic) bond motifs is 8. The van der Waals surface area contributed by atoms with Crippen molar-refractivity contribution in [3.8, 4) is 0 Å². The maximum Gasteiger partial charge on any atom is 0.0653 e. The van der Waals surface area contributed by atoms with Crippen LogP contribution in [0.3, 0.4) is 0 Å². The van der Waals surface area contributed by atoms with Crippen LogP contribution in [0.25, 0.3) is 0 Å². The van der Waals surface area contributed by atoms with Crippen LogP contribution in [0.5, 0.6) is 0 Å². The van der Waals surface area contributed by atoms with E-state index in [0.29, 0.717) is 28.6 Å². The minimum atomic E-state index is -0.187. The molecule has 0 unspecified atom stereocenters. The van der Waals surface area contributed by atoms with Gasteiger partial charge < -0.3 is 5.11 Å².